The lowest BCUT2D eigenvalue weighted by Gasteiger charge is -2.47. The van der Waals surface area contributed by atoms with Crippen LogP contribution in [0, 0.1) is 11.6 Å². The van der Waals surface area contributed by atoms with E-state index in [4.69, 9.17) is 9.84 Å². The summed E-state index contributed by atoms with van der Waals surface area (Å²) >= 11 is 0. The van der Waals surface area contributed by atoms with Gasteiger partial charge < -0.3 is 20.5 Å². The minimum Gasteiger partial charge on any atom is -0.489 e. The Kier molecular flexibility index (Phi) is 7.01. The van der Waals surface area contributed by atoms with E-state index >= 15 is 4.39 Å². The summed E-state index contributed by atoms with van der Waals surface area (Å²) in [4.78, 5) is 23.8. The number of nitrogens with zero attached hydrogens (tertiary/aromatic N) is 7. The molecule has 204 valence electrons. The standard InChI is InChI=1S/C24H31F2N9O3/c1-24(2)12-14(9-15-5-4-6-34(15)24)28-21-17(26)13-27-22(30-21)29-18-11-19(35-32-31-23(37)33(35)3)20(10-16(18)25)38-8-7-36/h10-11,13-15,36H,4-9,12H2,1-3H3,(H2,27,28,29,30)/t14-,15+/m1/s1. The molecule has 0 radical (unpaired) electrons. The quantitative estimate of drug-likeness (QED) is 0.396. The van der Waals surface area contributed by atoms with E-state index in [2.05, 4.69) is 49.7 Å². The molecule has 2 fully saturated rings. The van der Waals surface area contributed by atoms with Crippen molar-refractivity contribution in [2.24, 2.45) is 7.05 Å². The number of aromatic nitrogens is 6. The highest BCUT2D eigenvalue weighted by Gasteiger charge is 2.43. The van der Waals surface area contributed by atoms with Crippen LogP contribution in [0.4, 0.5) is 26.2 Å². The van der Waals surface area contributed by atoms with E-state index in [1.165, 1.54) is 13.1 Å². The molecule has 5 rings (SSSR count). The molecule has 12 nitrogen and oxygen atoms in total. The lowest BCUT2D eigenvalue weighted by atomic mass is 9.84. The second kappa shape index (κ2) is 10.3. The number of fused-ring (bicyclic) bond motifs is 1. The molecule has 2 saturated heterocycles. The number of piperidine rings is 1. The van der Waals surface area contributed by atoms with Gasteiger partial charge in [-0.15, -0.1) is 4.80 Å². The number of anilines is 3. The van der Waals surface area contributed by atoms with Gasteiger partial charge in [-0.2, -0.15) is 4.98 Å². The van der Waals surface area contributed by atoms with Gasteiger partial charge in [0.25, 0.3) is 0 Å². The molecule has 3 aromatic rings. The molecule has 2 aromatic heterocycles. The summed E-state index contributed by atoms with van der Waals surface area (Å²) in [5.41, 5.74) is -0.508. The molecule has 0 saturated carbocycles. The summed E-state index contributed by atoms with van der Waals surface area (Å²) in [6.45, 7) is 5.10. The van der Waals surface area contributed by atoms with E-state index in [1.807, 2.05) is 0 Å². The molecule has 38 heavy (non-hydrogen) atoms. The van der Waals surface area contributed by atoms with Crippen molar-refractivity contribution in [2.75, 3.05) is 30.4 Å². The number of aliphatic hydroxyl groups is 1. The van der Waals surface area contributed by atoms with Crippen molar-refractivity contribution < 1.29 is 18.6 Å². The fourth-order valence-corrected chi connectivity index (χ4v) is 5.53. The van der Waals surface area contributed by atoms with Crippen LogP contribution in [0.3, 0.4) is 0 Å². The number of ether oxygens (including phenoxy) is 1. The minimum absolute atomic E-state index is 0.0114. The Morgan fingerprint density at radius 3 is 2.82 bits per heavy atom. The number of hydrogen-bond donors (Lipinski definition) is 3. The first-order valence-electron chi connectivity index (χ1n) is 12.6. The van der Waals surface area contributed by atoms with Gasteiger partial charge in [0.05, 0.1) is 18.5 Å². The van der Waals surface area contributed by atoms with Crippen LogP contribution in [0.25, 0.3) is 5.69 Å². The van der Waals surface area contributed by atoms with Crippen molar-refractivity contribution in [3.05, 3.63) is 40.4 Å². The summed E-state index contributed by atoms with van der Waals surface area (Å²) in [6, 6.07) is 2.90. The van der Waals surface area contributed by atoms with Crippen LogP contribution in [0.1, 0.15) is 39.5 Å². The van der Waals surface area contributed by atoms with Crippen LogP contribution in [0.15, 0.2) is 23.1 Å². The highest BCUT2D eigenvalue weighted by atomic mass is 19.1. The number of halogens is 2. The predicted octanol–water partition coefficient (Wildman–Crippen LogP) is 1.97. The van der Waals surface area contributed by atoms with Crippen LogP contribution in [-0.4, -0.2) is 77.1 Å². The van der Waals surface area contributed by atoms with Crippen LogP contribution in [0.2, 0.25) is 0 Å². The van der Waals surface area contributed by atoms with E-state index < -0.39 is 17.3 Å². The zero-order valence-corrected chi connectivity index (χ0v) is 21.5. The van der Waals surface area contributed by atoms with E-state index in [0.29, 0.717) is 6.04 Å². The summed E-state index contributed by atoms with van der Waals surface area (Å²) in [5.74, 6) is -1.27. The third-order valence-electron chi connectivity index (χ3n) is 7.18. The number of aliphatic hydroxyl groups excluding tert-OH is 1. The zero-order valence-electron chi connectivity index (χ0n) is 21.5. The summed E-state index contributed by atoms with van der Waals surface area (Å²) in [7, 11) is 1.44. The molecule has 0 spiro atoms. The first-order chi connectivity index (χ1) is 18.2. The lowest BCUT2D eigenvalue weighted by molar-refractivity contribution is 0.0500. The number of tetrazole rings is 1. The maximum Gasteiger partial charge on any atom is 0.383 e. The molecule has 0 amide bonds. The molecule has 0 aliphatic carbocycles. The van der Waals surface area contributed by atoms with Gasteiger partial charge in [-0.3, -0.25) is 4.90 Å². The maximum absolute atomic E-state index is 15.1. The van der Waals surface area contributed by atoms with Gasteiger partial charge in [0.15, 0.2) is 17.5 Å². The highest BCUT2D eigenvalue weighted by Crippen LogP contribution is 2.38. The smallest absolute Gasteiger partial charge is 0.383 e. The van der Waals surface area contributed by atoms with E-state index in [9.17, 15) is 9.18 Å². The Hall–Kier alpha value is -3.65. The summed E-state index contributed by atoms with van der Waals surface area (Å²) in [6.07, 6.45) is 5.04. The zero-order chi connectivity index (χ0) is 27.0. The Morgan fingerprint density at radius 1 is 1.26 bits per heavy atom. The van der Waals surface area contributed by atoms with Gasteiger partial charge in [-0.1, -0.05) is 5.10 Å². The minimum atomic E-state index is -0.718. The predicted molar refractivity (Wildman–Crippen MR) is 135 cm³/mol. The molecule has 3 N–H and O–H groups in total. The molecule has 14 heteroatoms. The molecule has 4 heterocycles. The average molecular weight is 532 g/mol. The van der Waals surface area contributed by atoms with E-state index in [0.717, 1.165) is 54.0 Å². The van der Waals surface area contributed by atoms with Crippen molar-refractivity contribution in [1.29, 1.82) is 0 Å². The topological polar surface area (TPSA) is 135 Å². The van der Waals surface area contributed by atoms with Crippen LogP contribution in [-0.2, 0) is 7.05 Å². The van der Waals surface area contributed by atoms with Gasteiger partial charge in [-0.05, 0) is 57.4 Å². The lowest BCUT2D eigenvalue weighted by Crippen LogP contribution is -2.55. The van der Waals surface area contributed by atoms with Gasteiger partial charge >= 0.3 is 5.69 Å². The summed E-state index contributed by atoms with van der Waals surface area (Å²) < 4.78 is 36.3. The second-order valence-electron chi connectivity index (χ2n) is 10.3. The number of rotatable bonds is 8. The number of hydrogen-bond acceptors (Lipinski definition) is 10. The Morgan fingerprint density at radius 2 is 2.08 bits per heavy atom. The largest absolute Gasteiger partial charge is 0.489 e. The molecule has 0 bridgehead atoms. The van der Waals surface area contributed by atoms with E-state index in [1.54, 1.807) is 0 Å². The second-order valence-corrected chi connectivity index (χ2v) is 10.3. The molecule has 2 aliphatic rings. The van der Waals surface area contributed by atoms with Crippen molar-refractivity contribution in [3.63, 3.8) is 0 Å². The molecule has 2 atom stereocenters. The number of nitrogens with one attached hydrogen (secondary N) is 2. The Labute approximate surface area is 217 Å². The molecular formula is C24H31F2N9O3. The average Bonchev–Trinajstić information content (AvgIpc) is 3.48. The first-order valence-corrected chi connectivity index (χ1v) is 12.6. The van der Waals surface area contributed by atoms with Crippen LogP contribution < -0.4 is 21.1 Å². The van der Waals surface area contributed by atoms with Crippen molar-refractivity contribution in [3.8, 4) is 11.4 Å². The summed E-state index contributed by atoms with van der Waals surface area (Å²) in [5, 5.41) is 22.4. The molecular weight excluding hydrogens is 500 g/mol. The third-order valence-corrected chi connectivity index (χ3v) is 7.18. The third kappa shape index (κ3) is 5.05. The molecule has 0 unspecified atom stereocenters. The van der Waals surface area contributed by atoms with Crippen LogP contribution >= 0.6 is 0 Å². The Bertz CT molecular complexity index is 1380. The fourth-order valence-electron chi connectivity index (χ4n) is 5.53. The Balaban J connectivity index is 1.41. The molecule has 2 aliphatic heterocycles. The first kappa shape index (κ1) is 26.0. The maximum atomic E-state index is 15.1. The van der Waals surface area contributed by atoms with Gasteiger partial charge in [0.2, 0.25) is 5.95 Å². The SMILES string of the molecule is Cn1c(=O)nnn1-c1cc(Nc2ncc(F)c(N[C@@H]3C[C@@H]4CCCN4C(C)(C)C3)n2)c(F)cc1OCCO. The van der Waals surface area contributed by atoms with Gasteiger partial charge in [0.1, 0.15) is 18.0 Å². The molecule has 1 aromatic carbocycles. The highest BCUT2D eigenvalue weighted by molar-refractivity contribution is 5.63. The normalized spacial score (nSPS) is 20.8. The van der Waals surface area contributed by atoms with Gasteiger partial charge in [0, 0.05) is 30.7 Å². The van der Waals surface area contributed by atoms with Gasteiger partial charge in [-0.25, -0.2) is 23.2 Å². The van der Waals surface area contributed by atoms with E-state index in [-0.39, 0.29) is 53.7 Å². The van der Waals surface area contributed by atoms with Crippen LogP contribution in [0.5, 0.6) is 5.75 Å². The number of benzene rings is 1. The van der Waals surface area contributed by atoms with Crippen molar-refractivity contribution in [2.45, 2.75) is 57.2 Å². The monoisotopic (exact) mass is 531 g/mol. The van der Waals surface area contributed by atoms with Crippen molar-refractivity contribution >= 4 is 17.5 Å². The van der Waals surface area contributed by atoms with Crippen molar-refractivity contribution in [1.82, 2.24) is 34.7 Å². The fraction of sp³-hybridized carbons (Fsp3) is 0.542.